The maximum atomic E-state index is 10.4. The van der Waals surface area contributed by atoms with Crippen LogP contribution in [0.1, 0.15) is 17.4 Å². The Labute approximate surface area is 68.9 Å². The van der Waals surface area contributed by atoms with E-state index in [1.54, 1.807) is 12.1 Å². The summed E-state index contributed by atoms with van der Waals surface area (Å²) in [4.78, 5) is 10.0. The van der Waals surface area contributed by atoms with Crippen LogP contribution in [-0.2, 0) is 11.3 Å². The van der Waals surface area contributed by atoms with Crippen molar-refractivity contribution in [3.05, 3.63) is 45.5 Å². The van der Waals surface area contributed by atoms with Crippen molar-refractivity contribution < 1.29 is 9.66 Å². The smallest absolute Gasteiger partial charge is 0.308 e. The van der Waals surface area contributed by atoms with Crippen LogP contribution in [0.15, 0.2) is 24.3 Å². The molecule has 0 radical (unpaired) electrons. The average molecular weight is 165 g/mol. The molecule has 0 spiro atoms. The van der Waals surface area contributed by atoms with E-state index in [1.807, 2.05) is 12.1 Å². The van der Waals surface area contributed by atoms with Gasteiger partial charge in [-0.05, 0) is 11.6 Å². The van der Waals surface area contributed by atoms with E-state index in [9.17, 15) is 10.1 Å². The first-order chi connectivity index (χ1) is 5.79. The fraction of sp³-hybridized carbons (Fsp3) is 0.250. The third-order valence-electron chi connectivity index (χ3n) is 1.91. The number of hydrogen-bond acceptors (Lipinski definition) is 3. The monoisotopic (exact) mass is 165 g/mol. The number of fused-ring (bicyclic) bond motifs is 1. The molecule has 0 saturated carbocycles. The van der Waals surface area contributed by atoms with Gasteiger partial charge in [0.25, 0.3) is 0 Å². The summed E-state index contributed by atoms with van der Waals surface area (Å²) in [5.74, 6) is 0. The van der Waals surface area contributed by atoms with E-state index in [4.69, 9.17) is 4.74 Å². The molecular formula is C8H7NO3. The van der Waals surface area contributed by atoms with E-state index < -0.39 is 11.2 Å². The molecule has 1 atom stereocenters. The van der Waals surface area contributed by atoms with E-state index in [2.05, 4.69) is 0 Å². The van der Waals surface area contributed by atoms with Crippen LogP contribution in [0.25, 0.3) is 0 Å². The van der Waals surface area contributed by atoms with E-state index >= 15 is 0 Å². The summed E-state index contributed by atoms with van der Waals surface area (Å²) in [5, 5.41) is 10.4. The van der Waals surface area contributed by atoms with E-state index in [-0.39, 0.29) is 0 Å². The lowest BCUT2D eigenvalue weighted by Gasteiger charge is -1.99. The molecule has 1 aliphatic heterocycles. The zero-order valence-corrected chi connectivity index (χ0v) is 6.27. The van der Waals surface area contributed by atoms with Crippen molar-refractivity contribution in [1.29, 1.82) is 0 Å². The van der Waals surface area contributed by atoms with Crippen LogP contribution >= 0.6 is 0 Å². The first kappa shape index (κ1) is 7.24. The fourth-order valence-corrected chi connectivity index (χ4v) is 1.34. The highest BCUT2D eigenvalue weighted by atomic mass is 16.7. The van der Waals surface area contributed by atoms with Gasteiger partial charge in [-0.15, -0.1) is 0 Å². The number of rotatable bonds is 1. The minimum Gasteiger partial charge on any atom is -0.308 e. The predicted molar refractivity (Wildman–Crippen MR) is 41.0 cm³/mol. The van der Waals surface area contributed by atoms with Crippen molar-refractivity contribution in [3.63, 3.8) is 0 Å². The molecule has 0 saturated heterocycles. The normalized spacial score (nSPS) is 20.5. The van der Waals surface area contributed by atoms with Crippen LogP contribution in [0.5, 0.6) is 0 Å². The number of nitro groups is 1. The van der Waals surface area contributed by atoms with Crippen molar-refractivity contribution in [2.24, 2.45) is 0 Å². The Kier molecular flexibility index (Phi) is 1.55. The van der Waals surface area contributed by atoms with Crippen LogP contribution in [0, 0.1) is 10.1 Å². The second-order valence-electron chi connectivity index (χ2n) is 2.65. The highest BCUT2D eigenvalue weighted by Gasteiger charge is 2.31. The molecule has 0 N–H and O–H groups in total. The second-order valence-corrected chi connectivity index (χ2v) is 2.65. The maximum absolute atomic E-state index is 10.4. The van der Waals surface area contributed by atoms with Crippen molar-refractivity contribution in [1.82, 2.24) is 0 Å². The Balaban J connectivity index is 2.42. The Morgan fingerprint density at radius 3 is 3.00 bits per heavy atom. The number of ether oxygens (including phenoxy) is 1. The molecule has 62 valence electrons. The Morgan fingerprint density at radius 2 is 2.25 bits per heavy atom. The summed E-state index contributed by atoms with van der Waals surface area (Å²) in [6, 6.07) is 7.21. The zero-order chi connectivity index (χ0) is 8.55. The molecular weight excluding hydrogens is 158 g/mol. The van der Waals surface area contributed by atoms with E-state index in [0.717, 1.165) is 5.56 Å². The molecule has 1 unspecified atom stereocenters. The maximum Gasteiger partial charge on any atom is 0.342 e. The Bertz CT molecular complexity index is 324. The first-order valence-electron chi connectivity index (χ1n) is 3.62. The second kappa shape index (κ2) is 2.57. The van der Waals surface area contributed by atoms with Gasteiger partial charge in [-0.2, -0.15) is 0 Å². The Hall–Kier alpha value is -1.42. The molecule has 1 aliphatic rings. The average Bonchev–Trinajstić information content (AvgIpc) is 2.47. The summed E-state index contributed by atoms with van der Waals surface area (Å²) >= 11 is 0. The van der Waals surface area contributed by atoms with Gasteiger partial charge in [0.2, 0.25) is 0 Å². The van der Waals surface area contributed by atoms with Gasteiger partial charge in [-0.1, -0.05) is 18.2 Å². The first-order valence-corrected chi connectivity index (χ1v) is 3.62. The van der Waals surface area contributed by atoms with Gasteiger partial charge in [-0.25, -0.2) is 0 Å². The van der Waals surface area contributed by atoms with Crippen molar-refractivity contribution in [2.75, 3.05) is 0 Å². The van der Waals surface area contributed by atoms with Gasteiger partial charge in [0.1, 0.15) is 0 Å². The van der Waals surface area contributed by atoms with Crippen molar-refractivity contribution in [2.45, 2.75) is 12.8 Å². The highest BCUT2D eigenvalue weighted by molar-refractivity contribution is 5.29. The molecule has 4 nitrogen and oxygen atoms in total. The van der Waals surface area contributed by atoms with Gasteiger partial charge in [0.05, 0.1) is 17.1 Å². The fourth-order valence-electron chi connectivity index (χ4n) is 1.34. The Morgan fingerprint density at radius 1 is 1.50 bits per heavy atom. The molecule has 4 heteroatoms. The van der Waals surface area contributed by atoms with E-state index in [1.165, 1.54) is 0 Å². The van der Waals surface area contributed by atoms with Gasteiger partial charge in [0.15, 0.2) is 0 Å². The summed E-state index contributed by atoms with van der Waals surface area (Å²) in [7, 11) is 0. The van der Waals surface area contributed by atoms with Gasteiger partial charge >= 0.3 is 6.23 Å². The van der Waals surface area contributed by atoms with Gasteiger partial charge in [-0.3, -0.25) is 10.1 Å². The SMILES string of the molecule is O=[N+]([O-])C1OCc2ccccc21. The number of benzene rings is 1. The van der Waals surface area contributed by atoms with Crippen LogP contribution < -0.4 is 0 Å². The molecule has 0 amide bonds. The molecule has 2 rings (SSSR count). The van der Waals surface area contributed by atoms with Crippen LogP contribution in [0.2, 0.25) is 0 Å². The molecule has 0 fully saturated rings. The predicted octanol–water partition coefficient (Wildman–Crippen LogP) is 1.49. The lowest BCUT2D eigenvalue weighted by molar-refractivity contribution is -0.581. The quantitative estimate of drug-likeness (QED) is 0.468. The minimum atomic E-state index is -0.957. The standard InChI is InChI=1S/C8H7NO3/c10-9(11)8-7-4-2-1-3-6(7)5-12-8/h1-4,8H,5H2. The van der Waals surface area contributed by atoms with Crippen molar-refractivity contribution in [3.8, 4) is 0 Å². The van der Waals surface area contributed by atoms with Gasteiger partial charge < -0.3 is 4.74 Å². The zero-order valence-electron chi connectivity index (χ0n) is 6.27. The number of hydrogen-bond donors (Lipinski definition) is 0. The van der Waals surface area contributed by atoms with Gasteiger partial charge in [0, 0.05) is 0 Å². The largest absolute Gasteiger partial charge is 0.342 e. The topological polar surface area (TPSA) is 52.4 Å². The summed E-state index contributed by atoms with van der Waals surface area (Å²) in [6.07, 6.45) is -0.957. The number of nitrogens with zero attached hydrogens (tertiary/aromatic N) is 1. The summed E-state index contributed by atoms with van der Waals surface area (Å²) in [6.45, 7) is 0.349. The lowest BCUT2D eigenvalue weighted by Crippen LogP contribution is -2.07. The third-order valence-corrected chi connectivity index (χ3v) is 1.91. The molecule has 0 bridgehead atoms. The highest BCUT2D eigenvalue weighted by Crippen LogP contribution is 2.29. The molecule has 1 aromatic carbocycles. The molecule has 0 aliphatic carbocycles. The van der Waals surface area contributed by atoms with Crippen LogP contribution in [0.3, 0.4) is 0 Å². The summed E-state index contributed by atoms with van der Waals surface area (Å²) in [5.41, 5.74) is 1.60. The molecule has 0 aromatic heterocycles. The van der Waals surface area contributed by atoms with E-state index in [0.29, 0.717) is 12.2 Å². The molecule has 1 heterocycles. The third kappa shape index (κ3) is 0.967. The lowest BCUT2D eigenvalue weighted by atomic mass is 10.1. The molecule has 1 aromatic rings. The molecule has 12 heavy (non-hydrogen) atoms. The minimum absolute atomic E-state index is 0.349. The summed E-state index contributed by atoms with van der Waals surface area (Å²) < 4.78 is 4.99. The van der Waals surface area contributed by atoms with Crippen LogP contribution in [0.4, 0.5) is 0 Å². The van der Waals surface area contributed by atoms with Crippen LogP contribution in [-0.4, -0.2) is 4.92 Å². The van der Waals surface area contributed by atoms with Crippen molar-refractivity contribution >= 4 is 0 Å².